The molecule has 0 saturated heterocycles. The maximum Gasteiger partial charge on any atom is 0.269 e. The second-order valence-electron chi connectivity index (χ2n) is 5.08. The van der Waals surface area contributed by atoms with E-state index in [1.807, 2.05) is 32.0 Å². The number of nitro benzene ring substituents is 1. The molecule has 0 aliphatic rings. The zero-order valence-corrected chi connectivity index (χ0v) is 13.5. The van der Waals surface area contributed by atoms with Crippen LogP contribution in [-0.4, -0.2) is 10.0 Å². The Morgan fingerprint density at radius 1 is 1.05 bits per heavy atom. The average Bonchev–Trinajstić information content (AvgIpc) is 2.46. The van der Waals surface area contributed by atoms with Crippen molar-refractivity contribution < 1.29 is 4.92 Å². The third-order valence-corrected chi connectivity index (χ3v) is 3.73. The van der Waals surface area contributed by atoms with Gasteiger partial charge in [-0.3, -0.25) is 10.1 Å². The number of hydrogen-bond donors (Lipinski definition) is 2. The molecule has 0 amide bonds. The molecule has 0 heterocycles. The SMILES string of the molecule is Cc1cc([N+](=O)[O-])ccc1NC(=S)Nc1cccc(C)c1C. The minimum absolute atomic E-state index is 0.0662. The summed E-state index contributed by atoms with van der Waals surface area (Å²) in [6.45, 7) is 5.87. The smallest absolute Gasteiger partial charge is 0.269 e. The molecule has 0 atom stereocenters. The Hall–Kier alpha value is -2.47. The van der Waals surface area contributed by atoms with Gasteiger partial charge in [0, 0.05) is 23.5 Å². The van der Waals surface area contributed by atoms with E-state index in [9.17, 15) is 10.1 Å². The number of hydrogen-bond acceptors (Lipinski definition) is 3. The molecule has 0 bridgehead atoms. The first-order valence-electron chi connectivity index (χ1n) is 6.77. The molecule has 0 aliphatic carbocycles. The van der Waals surface area contributed by atoms with E-state index in [0.29, 0.717) is 5.11 Å². The van der Waals surface area contributed by atoms with Crippen LogP contribution in [0.1, 0.15) is 16.7 Å². The fourth-order valence-electron chi connectivity index (χ4n) is 2.06. The third kappa shape index (κ3) is 3.59. The van der Waals surface area contributed by atoms with E-state index in [1.165, 1.54) is 17.7 Å². The van der Waals surface area contributed by atoms with Crippen LogP contribution >= 0.6 is 12.2 Å². The monoisotopic (exact) mass is 315 g/mol. The van der Waals surface area contributed by atoms with Crippen LogP contribution in [0.2, 0.25) is 0 Å². The Labute approximate surface area is 134 Å². The predicted octanol–water partition coefficient (Wildman–Crippen LogP) is 4.33. The van der Waals surface area contributed by atoms with E-state index in [2.05, 4.69) is 10.6 Å². The number of nitro groups is 1. The molecule has 22 heavy (non-hydrogen) atoms. The fraction of sp³-hybridized carbons (Fsp3) is 0.188. The molecule has 114 valence electrons. The van der Waals surface area contributed by atoms with E-state index in [1.54, 1.807) is 13.0 Å². The summed E-state index contributed by atoms with van der Waals surface area (Å²) >= 11 is 5.31. The van der Waals surface area contributed by atoms with Gasteiger partial charge in [-0.05, 0) is 61.8 Å². The largest absolute Gasteiger partial charge is 0.332 e. The zero-order chi connectivity index (χ0) is 16.3. The highest BCUT2D eigenvalue weighted by molar-refractivity contribution is 7.80. The number of anilines is 2. The highest BCUT2D eigenvalue weighted by Gasteiger charge is 2.09. The van der Waals surface area contributed by atoms with Gasteiger partial charge in [0.25, 0.3) is 5.69 Å². The first kappa shape index (κ1) is 15.9. The number of rotatable bonds is 3. The first-order chi connectivity index (χ1) is 10.4. The lowest BCUT2D eigenvalue weighted by Crippen LogP contribution is -2.20. The Kier molecular flexibility index (Phi) is 4.72. The fourth-order valence-corrected chi connectivity index (χ4v) is 2.28. The lowest BCUT2D eigenvalue weighted by atomic mass is 10.1. The van der Waals surface area contributed by atoms with Crippen molar-refractivity contribution in [3.8, 4) is 0 Å². The summed E-state index contributed by atoms with van der Waals surface area (Å²) in [6, 6.07) is 10.6. The summed E-state index contributed by atoms with van der Waals surface area (Å²) in [5.74, 6) is 0. The van der Waals surface area contributed by atoms with Crippen molar-refractivity contribution in [3.63, 3.8) is 0 Å². The van der Waals surface area contributed by atoms with E-state index in [-0.39, 0.29) is 5.69 Å². The zero-order valence-electron chi connectivity index (χ0n) is 12.6. The highest BCUT2D eigenvalue weighted by Crippen LogP contribution is 2.22. The van der Waals surface area contributed by atoms with Crippen LogP contribution in [0.5, 0.6) is 0 Å². The summed E-state index contributed by atoms with van der Waals surface area (Å²) in [6.07, 6.45) is 0. The lowest BCUT2D eigenvalue weighted by molar-refractivity contribution is -0.384. The summed E-state index contributed by atoms with van der Waals surface area (Å²) in [5, 5.41) is 17.4. The Bertz CT molecular complexity index is 744. The summed E-state index contributed by atoms with van der Waals surface area (Å²) in [7, 11) is 0. The number of benzene rings is 2. The molecule has 0 saturated carbocycles. The molecule has 2 rings (SSSR count). The second-order valence-corrected chi connectivity index (χ2v) is 5.49. The summed E-state index contributed by atoms with van der Waals surface area (Å²) in [5.41, 5.74) is 4.83. The van der Waals surface area contributed by atoms with Gasteiger partial charge < -0.3 is 10.6 Å². The highest BCUT2D eigenvalue weighted by atomic mass is 32.1. The van der Waals surface area contributed by atoms with Crippen LogP contribution in [0, 0.1) is 30.9 Å². The van der Waals surface area contributed by atoms with Crippen LogP contribution < -0.4 is 10.6 Å². The van der Waals surface area contributed by atoms with Crippen molar-refractivity contribution in [1.29, 1.82) is 0 Å². The normalized spacial score (nSPS) is 10.1. The van der Waals surface area contributed by atoms with Gasteiger partial charge in [0.2, 0.25) is 0 Å². The molecule has 6 heteroatoms. The van der Waals surface area contributed by atoms with Gasteiger partial charge in [0.05, 0.1) is 4.92 Å². The number of aryl methyl sites for hydroxylation is 2. The van der Waals surface area contributed by atoms with Gasteiger partial charge in [0.15, 0.2) is 5.11 Å². The van der Waals surface area contributed by atoms with E-state index in [4.69, 9.17) is 12.2 Å². The summed E-state index contributed by atoms with van der Waals surface area (Å²) < 4.78 is 0. The number of non-ortho nitro benzene ring substituents is 1. The van der Waals surface area contributed by atoms with Crippen molar-refractivity contribution >= 4 is 34.4 Å². The minimum atomic E-state index is -0.413. The maximum absolute atomic E-state index is 10.7. The molecule has 0 radical (unpaired) electrons. The molecule has 2 aromatic carbocycles. The minimum Gasteiger partial charge on any atom is -0.332 e. The van der Waals surface area contributed by atoms with E-state index < -0.39 is 4.92 Å². The number of nitrogens with zero attached hydrogens (tertiary/aromatic N) is 1. The van der Waals surface area contributed by atoms with Crippen LogP contribution in [0.4, 0.5) is 17.1 Å². The van der Waals surface area contributed by atoms with Crippen molar-refractivity contribution in [3.05, 3.63) is 63.2 Å². The summed E-state index contributed by atoms with van der Waals surface area (Å²) in [4.78, 5) is 10.3. The average molecular weight is 315 g/mol. The topological polar surface area (TPSA) is 67.2 Å². The molecule has 5 nitrogen and oxygen atoms in total. The third-order valence-electron chi connectivity index (χ3n) is 3.52. The lowest BCUT2D eigenvalue weighted by Gasteiger charge is -2.15. The number of nitrogens with one attached hydrogen (secondary N) is 2. The van der Waals surface area contributed by atoms with Gasteiger partial charge in [-0.25, -0.2) is 0 Å². The second kappa shape index (κ2) is 6.53. The van der Waals surface area contributed by atoms with Gasteiger partial charge in [0.1, 0.15) is 0 Å². The van der Waals surface area contributed by atoms with Gasteiger partial charge >= 0.3 is 0 Å². The van der Waals surface area contributed by atoms with Gasteiger partial charge in [-0.15, -0.1) is 0 Å². The van der Waals surface area contributed by atoms with Crippen molar-refractivity contribution in [2.75, 3.05) is 10.6 Å². The van der Waals surface area contributed by atoms with Crippen molar-refractivity contribution in [1.82, 2.24) is 0 Å². The molecule has 0 fully saturated rings. The molecular formula is C16H17N3O2S. The van der Waals surface area contributed by atoms with Gasteiger partial charge in [-0.1, -0.05) is 12.1 Å². The van der Waals surface area contributed by atoms with Gasteiger partial charge in [-0.2, -0.15) is 0 Å². The molecular weight excluding hydrogens is 298 g/mol. The first-order valence-corrected chi connectivity index (χ1v) is 7.18. The maximum atomic E-state index is 10.7. The number of thiocarbonyl (C=S) groups is 1. The van der Waals surface area contributed by atoms with E-state index in [0.717, 1.165) is 22.5 Å². The van der Waals surface area contributed by atoms with Crippen molar-refractivity contribution in [2.24, 2.45) is 0 Å². The van der Waals surface area contributed by atoms with E-state index >= 15 is 0 Å². The molecule has 0 aromatic heterocycles. The Balaban J connectivity index is 2.12. The van der Waals surface area contributed by atoms with Crippen LogP contribution in [0.3, 0.4) is 0 Å². The Morgan fingerprint density at radius 2 is 1.73 bits per heavy atom. The van der Waals surface area contributed by atoms with Crippen LogP contribution in [0.15, 0.2) is 36.4 Å². The predicted molar refractivity (Wildman–Crippen MR) is 93.6 cm³/mol. The Morgan fingerprint density at radius 3 is 2.36 bits per heavy atom. The molecule has 0 aliphatic heterocycles. The van der Waals surface area contributed by atoms with Crippen LogP contribution in [-0.2, 0) is 0 Å². The standard InChI is InChI=1S/C16H17N3O2S/c1-10-5-4-6-15(12(10)3)18-16(22)17-14-8-7-13(19(20)21)9-11(14)2/h4-9H,1-3H3,(H2,17,18,22). The molecule has 0 spiro atoms. The van der Waals surface area contributed by atoms with Crippen LogP contribution in [0.25, 0.3) is 0 Å². The molecule has 2 N–H and O–H groups in total. The van der Waals surface area contributed by atoms with Crippen molar-refractivity contribution in [2.45, 2.75) is 20.8 Å². The quantitative estimate of drug-likeness (QED) is 0.501. The molecule has 0 unspecified atom stereocenters. The molecule has 2 aromatic rings.